The summed E-state index contributed by atoms with van der Waals surface area (Å²) in [4.78, 5) is 10.1. The third kappa shape index (κ3) is 4.14. The number of carbonyl (C=O) groups excluding carboxylic acids is 1. The molecule has 0 rings (SSSR count). The SMILES string of the molecule is COSC(=O)SN. The molecule has 0 aromatic rings. The first-order valence-corrected chi connectivity index (χ1v) is 3.04. The van der Waals surface area contributed by atoms with Crippen LogP contribution in [0.1, 0.15) is 0 Å². The summed E-state index contributed by atoms with van der Waals surface area (Å²) in [5.74, 6) is 0. The fourth-order valence-corrected chi connectivity index (χ4v) is 0.585. The first-order chi connectivity index (χ1) is 3.31. The lowest BCUT2D eigenvalue weighted by atomic mass is 11.8. The van der Waals surface area contributed by atoms with E-state index in [1.807, 2.05) is 0 Å². The zero-order valence-electron chi connectivity index (χ0n) is 3.71. The van der Waals surface area contributed by atoms with Crippen LogP contribution in [0.4, 0.5) is 4.79 Å². The second-order valence-electron chi connectivity index (χ2n) is 0.618. The smallest absolute Gasteiger partial charge is 0.287 e. The van der Waals surface area contributed by atoms with Crippen molar-refractivity contribution in [1.29, 1.82) is 0 Å². The molecule has 0 aliphatic heterocycles. The van der Waals surface area contributed by atoms with Gasteiger partial charge in [-0.1, -0.05) is 0 Å². The standard InChI is InChI=1S/C2H5NO2S2/c1-5-7-2(4)6-3/h3H2,1H3. The van der Waals surface area contributed by atoms with E-state index in [4.69, 9.17) is 5.14 Å². The fraction of sp³-hybridized carbons (Fsp3) is 0.500. The van der Waals surface area contributed by atoms with Crippen molar-refractivity contribution in [2.75, 3.05) is 7.11 Å². The van der Waals surface area contributed by atoms with E-state index in [1.165, 1.54) is 7.11 Å². The van der Waals surface area contributed by atoms with Crippen LogP contribution in [-0.2, 0) is 4.18 Å². The van der Waals surface area contributed by atoms with Gasteiger partial charge in [0.1, 0.15) is 0 Å². The largest absolute Gasteiger partial charge is 0.311 e. The third-order valence-corrected chi connectivity index (χ3v) is 1.24. The van der Waals surface area contributed by atoms with Crippen molar-refractivity contribution in [3.05, 3.63) is 0 Å². The van der Waals surface area contributed by atoms with Crippen LogP contribution in [0.5, 0.6) is 0 Å². The Labute approximate surface area is 50.3 Å². The van der Waals surface area contributed by atoms with E-state index >= 15 is 0 Å². The molecule has 0 aliphatic rings. The number of rotatable bonds is 1. The van der Waals surface area contributed by atoms with Crippen molar-refractivity contribution in [2.24, 2.45) is 5.14 Å². The Morgan fingerprint density at radius 3 is 2.57 bits per heavy atom. The molecule has 0 amide bonds. The van der Waals surface area contributed by atoms with Crippen molar-refractivity contribution in [3.63, 3.8) is 0 Å². The molecule has 0 atom stereocenters. The second-order valence-corrected chi connectivity index (χ2v) is 2.35. The number of hydrogen-bond donors (Lipinski definition) is 1. The Balaban J connectivity index is 3.00. The van der Waals surface area contributed by atoms with Gasteiger partial charge in [0.05, 0.1) is 19.2 Å². The van der Waals surface area contributed by atoms with Crippen LogP contribution in [0.25, 0.3) is 0 Å². The van der Waals surface area contributed by atoms with Crippen LogP contribution in [0, 0.1) is 0 Å². The summed E-state index contributed by atoms with van der Waals surface area (Å²) in [7, 11) is 1.42. The van der Waals surface area contributed by atoms with Gasteiger partial charge in [0, 0.05) is 11.9 Å². The molecule has 7 heavy (non-hydrogen) atoms. The zero-order chi connectivity index (χ0) is 5.70. The zero-order valence-corrected chi connectivity index (χ0v) is 5.34. The average Bonchev–Trinajstić information content (AvgIpc) is 1.68. The molecule has 3 nitrogen and oxygen atoms in total. The van der Waals surface area contributed by atoms with E-state index < -0.39 is 0 Å². The summed E-state index contributed by atoms with van der Waals surface area (Å²) < 4.78 is 4.13. The van der Waals surface area contributed by atoms with Gasteiger partial charge in [0.2, 0.25) is 0 Å². The first-order valence-electron chi connectivity index (χ1n) is 1.42. The van der Waals surface area contributed by atoms with Crippen LogP contribution >= 0.6 is 24.0 Å². The normalized spacial score (nSPS) is 8.86. The lowest BCUT2D eigenvalue weighted by Crippen LogP contribution is -1.86. The molecule has 0 radical (unpaired) electrons. The van der Waals surface area contributed by atoms with Crippen molar-refractivity contribution in [3.8, 4) is 0 Å². The predicted octanol–water partition coefficient (Wildman–Crippen LogP) is 1.01. The molecule has 0 aliphatic carbocycles. The van der Waals surface area contributed by atoms with Gasteiger partial charge >= 0.3 is 0 Å². The van der Waals surface area contributed by atoms with Gasteiger partial charge in [-0.15, -0.1) is 0 Å². The lowest BCUT2D eigenvalue weighted by Gasteiger charge is -1.86. The van der Waals surface area contributed by atoms with Crippen LogP contribution < -0.4 is 5.14 Å². The van der Waals surface area contributed by atoms with Gasteiger partial charge in [-0.25, -0.2) is 0 Å². The monoisotopic (exact) mass is 139 g/mol. The van der Waals surface area contributed by atoms with E-state index in [1.54, 1.807) is 0 Å². The number of carbonyl (C=O) groups is 1. The molecule has 0 spiro atoms. The summed E-state index contributed by atoms with van der Waals surface area (Å²) in [6, 6.07) is 0. The first kappa shape index (κ1) is 7.29. The molecule has 0 saturated carbocycles. The highest BCUT2D eigenvalue weighted by Gasteiger charge is 1.95. The Morgan fingerprint density at radius 1 is 1.86 bits per heavy atom. The highest BCUT2D eigenvalue weighted by atomic mass is 32.2. The van der Waals surface area contributed by atoms with Crippen molar-refractivity contribution in [1.82, 2.24) is 0 Å². The summed E-state index contributed by atoms with van der Waals surface area (Å²) in [6.45, 7) is 0. The number of nitrogens with two attached hydrogens (primary N) is 1. The maximum Gasteiger partial charge on any atom is 0.287 e. The molecule has 5 heteroatoms. The van der Waals surface area contributed by atoms with E-state index in [9.17, 15) is 4.79 Å². The van der Waals surface area contributed by atoms with Gasteiger partial charge < -0.3 is 4.18 Å². The van der Waals surface area contributed by atoms with Crippen molar-refractivity contribution < 1.29 is 8.98 Å². The van der Waals surface area contributed by atoms with Crippen LogP contribution in [0.15, 0.2) is 0 Å². The fourth-order valence-electron chi connectivity index (χ4n) is 0.0877. The highest BCUT2D eigenvalue weighted by Crippen LogP contribution is 2.09. The molecule has 0 heterocycles. The quantitative estimate of drug-likeness (QED) is 0.434. The molecule has 0 aromatic carbocycles. The van der Waals surface area contributed by atoms with Crippen molar-refractivity contribution in [2.45, 2.75) is 0 Å². The topological polar surface area (TPSA) is 52.3 Å². The van der Waals surface area contributed by atoms with E-state index in [-0.39, 0.29) is 4.45 Å². The van der Waals surface area contributed by atoms with E-state index in [2.05, 4.69) is 4.18 Å². The molecule has 0 unspecified atom stereocenters. The Hall–Kier alpha value is 0.290. The lowest BCUT2D eigenvalue weighted by molar-refractivity contribution is 0.275. The van der Waals surface area contributed by atoms with Crippen LogP contribution in [0.2, 0.25) is 0 Å². The van der Waals surface area contributed by atoms with Gasteiger partial charge in [0.25, 0.3) is 4.45 Å². The van der Waals surface area contributed by atoms with Gasteiger partial charge in [-0.05, 0) is 0 Å². The number of hydrogen-bond acceptors (Lipinski definition) is 5. The van der Waals surface area contributed by atoms with Crippen molar-refractivity contribution >= 4 is 28.4 Å². The van der Waals surface area contributed by atoms with Gasteiger partial charge in [0.15, 0.2) is 0 Å². The second kappa shape index (κ2) is 4.45. The Bertz CT molecular complexity index is 66.7. The molecular formula is C2H5NO2S2. The molecular weight excluding hydrogens is 134 g/mol. The predicted molar refractivity (Wildman–Crippen MR) is 31.8 cm³/mol. The molecule has 0 bridgehead atoms. The minimum absolute atomic E-state index is 0.234. The highest BCUT2D eigenvalue weighted by molar-refractivity contribution is 8.35. The third-order valence-electron chi connectivity index (χ3n) is 0.248. The summed E-state index contributed by atoms with van der Waals surface area (Å²) >= 11 is 1.38. The van der Waals surface area contributed by atoms with Crippen LogP contribution in [-0.4, -0.2) is 11.6 Å². The summed E-state index contributed by atoms with van der Waals surface area (Å²) in [5, 5.41) is 4.82. The summed E-state index contributed by atoms with van der Waals surface area (Å²) in [5.41, 5.74) is 0. The molecule has 42 valence electrons. The van der Waals surface area contributed by atoms with E-state index in [0.29, 0.717) is 11.9 Å². The maximum absolute atomic E-state index is 10.1. The van der Waals surface area contributed by atoms with E-state index in [0.717, 1.165) is 12.0 Å². The minimum atomic E-state index is -0.234. The summed E-state index contributed by atoms with van der Waals surface area (Å²) in [6.07, 6.45) is 0. The molecule has 0 aromatic heterocycles. The maximum atomic E-state index is 10.1. The molecule has 0 saturated heterocycles. The molecule has 0 fully saturated rings. The minimum Gasteiger partial charge on any atom is -0.311 e. The molecule has 2 N–H and O–H groups in total. The average molecular weight is 139 g/mol. The Kier molecular flexibility index (Phi) is 4.63. The Morgan fingerprint density at radius 2 is 2.43 bits per heavy atom. The van der Waals surface area contributed by atoms with Gasteiger partial charge in [-0.3, -0.25) is 9.93 Å². The van der Waals surface area contributed by atoms with Gasteiger partial charge in [-0.2, -0.15) is 0 Å². The van der Waals surface area contributed by atoms with Crippen LogP contribution in [0.3, 0.4) is 0 Å².